The van der Waals surface area contributed by atoms with E-state index in [1.807, 2.05) is 29.7 Å². The first kappa shape index (κ1) is 21.3. The predicted molar refractivity (Wildman–Crippen MR) is 118 cm³/mol. The van der Waals surface area contributed by atoms with Gasteiger partial charge in [0.15, 0.2) is 0 Å². The van der Waals surface area contributed by atoms with Gasteiger partial charge in [0.05, 0.1) is 12.2 Å². The summed E-state index contributed by atoms with van der Waals surface area (Å²) >= 11 is 0. The molecule has 4 rings (SSSR count). The third kappa shape index (κ3) is 5.60. The summed E-state index contributed by atoms with van der Waals surface area (Å²) in [5, 5.41) is 5.67. The zero-order chi connectivity index (χ0) is 21.8. The van der Waals surface area contributed by atoms with Gasteiger partial charge in [-0.05, 0) is 50.7 Å². The Morgan fingerprint density at radius 1 is 1.03 bits per heavy atom. The first-order chi connectivity index (χ1) is 15.0. The van der Waals surface area contributed by atoms with E-state index >= 15 is 0 Å². The Labute approximate surface area is 182 Å². The van der Waals surface area contributed by atoms with Gasteiger partial charge in [0.2, 0.25) is 5.43 Å². The average molecular weight is 423 g/mol. The molecule has 2 aromatic rings. The predicted octanol–water partition coefficient (Wildman–Crippen LogP) is 2.95. The number of pyridine rings is 2. The van der Waals surface area contributed by atoms with E-state index in [-0.39, 0.29) is 29.6 Å². The van der Waals surface area contributed by atoms with Crippen LogP contribution in [0.1, 0.15) is 77.0 Å². The van der Waals surface area contributed by atoms with Crippen molar-refractivity contribution in [1.29, 1.82) is 0 Å². The molecule has 7 heteroatoms. The van der Waals surface area contributed by atoms with Crippen LogP contribution in [0.5, 0.6) is 0 Å². The molecule has 0 unspecified atom stereocenters. The van der Waals surface area contributed by atoms with Crippen LogP contribution in [0.2, 0.25) is 0 Å². The van der Waals surface area contributed by atoms with Crippen LogP contribution >= 0.6 is 0 Å². The second-order valence-electron chi connectivity index (χ2n) is 8.82. The maximum Gasteiger partial charge on any atom is 0.257 e. The first-order valence-corrected chi connectivity index (χ1v) is 11.3. The van der Waals surface area contributed by atoms with Crippen LogP contribution in [0.3, 0.4) is 0 Å². The van der Waals surface area contributed by atoms with Crippen LogP contribution in [0.4, 0.5) is 0 Å². The SMILES string of the molecule is Cc1cccc(CNC(=O)c2cn(CC3CCCCC3)cc(C(=O)NC3CC3)c2=O)n1. The summed E-state index contributed by atoms with van der Waals surface area (Å²) in [7, 11) is 0. The number of amides is 2. The van der Waals surface area contributed by atoms with Crippen molar-refractivity contribution >= 4 is 11.8 Å². The van der Waals surface area contributed by atoms with E-state index in [4.69, 9.17) is 0 Å². The van der Waals surface area contributed by atoms with E-state index in [1.165, 1.54) is 19.3 Å². The zero-order valence-electron chi connectivity index (χ0n) is 18.0. The van der Waals surface area contributed by atoms with Crippen molar-refractivity contribution in [2.24, 2.45) is 5.92 Å². The molecule has 0 bridgehead atoms. The van der Waals surface area contributed by atoms with Crippen molar-refractivity contribution in [2.75, 3.05) is 0 Å². The van der Waals surface area contributed by atoms with Crippen LogP contribution < -0.4 is 16.1 Å². The molecule has 2 aliphatic rings. The van der Waals surface area contributed by atoms with Crippen LogP contribution in [0.25, 0.3) is 0 Å². The summed E-state index contributed by atoms with van der Waals surface area (Å²) in [5.74, 6) is -0.366. The van der Waals surface area contributed by atoms with Crippen LogP contribution in [-0.4, -0.2) is 27.4 Å². The molecule has 0 radical (unpaired) electrons. The Kier molecular flexibility index (Phi) is 6.49. The molecule has 2 N–H and O–H groups in total. The quantitative estimate of drug-likeness (QED) is 0.717. The monoisotopic (exact) mass is 422 g/mol. The molecule has 7 nitrogen and oxygen atoms in total. The Hall–Kier alpha value is -2.96. The second-order valence-corrected chi connectivity index (χ2v) is 8.82. The molecule has 2 fully saturated rings. The minimum Gasteiger partial charge on any atom is -0.352 e. The third-order valence-electron chi connectivity index (χ3n) is 6.05. The highest BCUT2D eigenvalue weighted by Crippen LogP contribution is 2.25. The second kappa shape index (κ2) is 9.45. The van der Waals surface area contributed by atoms with Gasteiger partial charge in [0.1, 0.15) is 11.1 Å². The smallest absolute Gasteiger partial charge is 0.257 e. The fourth-order valence-corrected chi connectivity index (χ4v) is 4.18. The molecule has 0 saturated heterocycles. The van der Waals surface area contributed by atoms with Crippen LogP contribution in [-0.2, 0) is 13.1 Å². The highest BCUT2D eigenvalue weighted by molar-refractivity contribution is 5.99. The van der Waals surface area contributed by atoms with Gasteiger partial charge in [-0.15, -0.1) is 0 Å². The lowest BCUT2D eigenvalue weighted by Crippen LogP contribution is -2.36. The van der Waals surface area contributed by atoms with Crippen LogP contribution in [0.15, 0.2) is 35.4 Å². The first-order valence-electron chi connectivity index (χ1n) is 11.3. The van der Waals surface area contributed by atoms with E-state index in [1.54, 1.807) is 12.4 Å². The van der Waals surface area contributed by atoms with E-state index in [0.717, 1.165) is 37.1 Å². The molecule has 0 spiro atoms. The van der Waals surface area contributed by atoms with Crippen molar-refractivity contribution in [2.45, 2.75) is 71.0 Å². The minimum atomic E-state index is -0.521. The Balaban J connectivity index is 1.57. The molecule has 0 atom stereocenters. The molecule has 2 saturated carbocycles. The molecule has 2 heterocycles. The highest BCUT2D eigenvalue weighted by Gasteiger charge is 2.27. The summed E-state index contributed by atoms with van der Waals surface area (Å²) < 4.78 is 1.86. The van der Waals surface area contributed by atoms with Crippen molar-refractivity contribution in [3.8, 4) is 0 Å². The van der Waals surface area contributed by atoms with Gasteiger partial charge in [-0.1, -0.05) is 25.3 Å². The zero-order valence-corrected chi connectivity index (χ0v) is 18.0. The molecule has 0 aliphatic heterocycles. The van der Waals surface area contributed by atoms with E-state index in [0.29, 0.717) is 12.5 Å². The normalized spacial score (nSPS) is 16.7. The van der Waals surface area contributed by atoms with Crippen molar-refractivity contribution < 1.29 is 9.59 Å². The van der Waals surface area contributed by atoms with Gasteiger partial charge in [0, 0.05) is 30.7 Å². The number of carbonyl (C=O) groups excluding carboxylic acids is 2. The highest BCUT2D eigenvalue weighted by atomic mass is 16.2. The minimum absolute atomic E-state index is 0.00640. The number of nitrogens with one attached hydrogen (secondary N) is 2. The molecule has 0 aromatic carbocycles. The third-order valence-corrected chi connectivity index (χ3v) is 6.05. The van der Waals surface area contributed by atoms with Crippen molar-refractivity contribution in [3.63, 3.8) is 0 Å². The number of hydrogen-bond donors (Lipinski definition) is 2. The van der Waals surface area contributed by atoms with Gasteiger partial charge in [0.25, 0.3) is 11.8 Å². The fraction of sp³-hybridized carbons (Fsp3) is 0.500. The van der Waals surface area contributed by atoms with Crippen molar-refractivity contribution in [3.05, 3.63) is 63.3 Å². The molecule has 164 valence electrons. The standard InChI is InChI=1S/C24H30N4O3/c1-16-6-5-9-19(26-16)12-25-23(30)20-14-28(13-17-7-3-2-4-8-17)15-21(22(20)29)24(31)27-18-10-11-18/h5-6,9,14-15,17-18H,2-4,7-8,10-13H2,1H3,(H,25,30)(H,27,31). The summed E-state index contributed by atoms with van der Waals surface area (Å²) in [6.07, 6.45) is 11.0. The van der Waals surface area contributed by atoms with Gasteiger partial charge in [-0.3, -0.25) is 19.4 Å². The Morgan fingerprint density at radius 2 is 1.74 bits per heavy atom. The lowest BCUT2D eigenvalue weighted by atomic mass is 9.89. The Bertz CT molecular complexity index is 1020. The number of aryl methyl sites for hydroxylation is 1. The topological polar surface area (TPSA) is 93.1 Å². The van der Waals surface area contributed by atoms with E-state index < -0.39 is 11.3 Å². The van der Waals surface area contributed by atoms with Crippen molar-refractivity contribution in [1.82, 2.24) is 20.2 Å². The van der Waals surface area contributed by atoms with Gasteiger partial charge in [-0.25, -0.2) is 0 Å². The molecule has 31 heavy (non-hydrogen) atoms. The summed E-state index contributed by atoms with van der Waals surface area (Å²) in [6.45, 7) is 2.82. The van der Waals surface area contributed by atoms with Gasteiger partial charge in [-0.2, -0.15) is 0 Å². The average Bonchev–Trinajstić information content (AvgIpc) is 3.58. The van der Waals surface area contributed by atoms with E-state index in [9.17, 15) is 14.4 Å². The number of carbonyl (C=O) groups is 2. The molecular formula is C24H30N4O3. The summed E-state index contributed by atoms with van der Waals surface area (Å²) in [5.41, 5.74) is 1.11. The van der Waals surface area contributed by atoms with Crippen LogP contribution in [0, 0.1) is 12.8 Å². The molecule has 2 aliphatic carbocycles. The van der Waals surface area contributed by atoms with Gasteiger partial charge < -0.3 is 15.2 Å². The number of aromatic nitrogens is 2. The summed E-state index contributed by atoms with van der Waals surface area (Å²) in [4.78, 5) is 43.0. The maximum atomic E-state index is 13.0. The lowest BCUT2D eigenvalue weighted by molar-refractivity contribution is 0.0947. The lowest BCUT2D eigenvalue weighted by Gasteiger charge is -2.23. The molecule has 2 amide bonds. The largest absolute Gasteiger partial charge is 0.352 e. The summed E-state index contributed by atoms with van der Waals surface area (Å²) in [6, 6.07) is 5.73. The maximum absolute atomic E-state index is 13.0. The number of rotatable bonds is 7. The Morgan fingerprint density at radius 3 is 2.42 bits per heavy atom. The number of nitrogens with zero attached hydrogens (tertiary/aromatic N) is 2. The molecule has 2 aromatic heterocycles. The van der Waals surface area contributed by atoms with Gasteiger partial charge >= 0.3 is 0 Å². The van der Waals surface area contributed by atoms with E-state index in [2.05, 4.69) is 15.6 Å². The number of hydrogen-bond acceptors (Lipinski definition) is 4. The fourth-order valence-electron chi connectivity index (χ4n) is 4.18. The molecular weight excluding hydrogens is 392 g/mol.